The topological polar surface area (TPSA) is 81.9 Å². The third-order valence-electron chi connectivity index (χ3n) is 4.13. The number of nitrogens with zero attached hydrogens (tertiary/aromatic N) is 2. The molecule has 7 heteroatoms. The predicted molar refractivity (Wildman–Crippen MR) is 101 cm³/mol. The van der Waals surface area contributed by atoms with Crippen LogP contribution in [0.4, 0.5) is 5.69 Å². The Morgan fingerprint density at radius 1 is 1.23 bits per heavy atom. The number of hydrogen-bond acceptors (Lipinski definition) is 5. The minimum absolute atomic E-state index is 0.190. The van der Waals surface area contributed by atoms with Crippen molar-refractivity contribution in [2.24, 2.45) is 0 Å². The molecule has 3 N–H and O–H groups in total. The van der Waals surface area contributed by atoms with Gasteiger partial charge < -0.3 is 10.4 Å². The normalized spacial score (nSPS) is 14.8. The number of H-pyrrole nitrogens is 1. The Morgan fingerprint density at radius 3 is 2.77 bits per heavy atom. The van der Waals surface area contributed by atoms with Crippen LogP contribution in [0.15, 0.2) is 71.1 Å². The highest BCUT2D eigenvalue weighted by molar-refractivity contribution is 7.99. The fourth-order valence-corrected chi connectivity index (χ4v) is 3.56. The molecule has 1 aromatic heterocycles. The predicted octanol–water partition coefficient (Wildman–Crippen LogP) is 2.68. The van der Waals surface area contributed by atoms with Crippen LogP contribution in [-0.4, -0.2) is 20.9 Å². The van der Waals surface area contributed by atoms with Gasteiger partial charge in [-0.1, -0.05) is 30.0 Å². The second kappa shape index (κ2) is 6.68. The molecule has 1 aliphatic heterocycles. The third kappa shape index (κ3) is 2.86. The molecule has 0 amide bonds. The summed E-state index contributed by atoms with van der Waals surface area (Å²) in [5.74, 6) is 0.840. The molecule has 2 heterocycles. The highest BCUT2D eigenvalue weighted by Gasteiger charge is 2.37. The number of aromatic hydroxyl groups is 1. The fourth-order valence-electron chi connectivity index (χ4n) is 2.97. The minimum atomic E-state index is -0.356. The zero-order valence-corrected chi connectivity index (χ0v) is 14.7. The lowest BCUT2D eigenvalue weighted by atomic mass is 10.0. The quantitative estimate of drug-likeness (QED) is 0.376. The van der Waals surface area contributed by atoms with Crippen molar-refractivity contribution in [1.82, 2.24) is 10.1 Å². The molecule has 26 heavy (non-hydrogen) atoms. The van der Waals surface area contributed by atoms with E-state index in [9.17, 15) is 9.90 Å². The van der Waals surface area contributed by atoms with Gasteiger partial charge in [0.15, 0.2) is 0 Å². The summed E-state index contributed by atoms with van der Waals surface area (Å²) in [5, 5.41) is 18.2. The van der Waals surface area contributed by atoms with Crippen LogP contribution < -0.4 is 15.6 Å². The van der Waals surface area contributed by atoms with Crippen molar-refractivity contribution in [2.45, 2.75) is 11.3 Å². The molecule has 4 rings (SSSR count). The smallest absolute Gasteiger partial charge is 0.325 e. The Balaban J connectivity index is 1.92. The SMILES string of the molecule is C=CCSc1n[n+]2c(c(=O)[nH]1)-c1ccccc1N[C@@H]2c1ccc(O)cc1. The summed E-state index contributed by atoms with van der Waals surface area (Å²) in [7, 11) is 0. The maximum absolute atomic E-state index is 12.8. The maximum Gasteiger partial charge on any atom is 0.325 e. The van der Waals surface area contributed by atoms with Crippen molar-refractivity contribution in [2.75, 3.05) is 11.1 Å². The summed E-state index contributed by atoms with van der Waals surface area (Å²) < 4.78 is 1.71. The maximum atomic E-state index is 12.8. The number of phenolic OH excluding ortho intramolecular Hbond substituents is 1. The number of nitrogens with one attached hydrogen (secondary N) is 2. The van der Waals surface area contributed by atoms with Gasteiger partial charge in [0, 0.05) is 16.4 Å². The number of hydrogen-bond donors (Lipinski definition) is 3. The average Bonchev–Trinajstić information content (AvgIpc) is 2.66. The molecule has 0 spiro atoms. The lowest BCUT2D eigenvalue weighted by molar-refractivity contribution is -0.759. The van der Waals surface area contributed by atoms with E-state index >= 15 is 0 Å². The summed E-state index contributed by atoms with van der Waals surface area (Å²) >= 11 is 1.42. The molecule has 0 aliphatic carbocycles. The molecule has 0 fully saturated rings. The van der Waals surface area contributed by atoms with Gasteiger partial charge >= 0.3 is 11.3 Å². The lowest BCUT2D eigenvalue weighted by Gasteiger charge is -2.22. The molecule has 0 saturated carbocycles. The second-order valence-electron chi connectivity index (χ2n) is 5.84. The van der Waals surface area contributed by atoms with Gasteiger partial charge in [0.05, 0.1) is 11.3 Å². The van der Waals surface area contributed by atoms with Gasteiger partial charge in [-0.2, -0.15) is 0 Å². The Bertz CT molecular complexity index is 1030. The van der Waals surface area contributed by atoms with Crippen molar-refractivity contribution < 1.29 is 9.79 Å². The first-order valence-electron chi connectivity index (χ1n) is 8.12. The van der Waals surface area contributed by atoms with Gasteiger partial charge in [0.2, 0.25) is 5.16 Å². The van der Waals surface area contributed by atoms with Crippen LogP contribution in [-0.2, 0) is 0 Å². The molecule has 130 valence electrons. The van der Waals surface area contributed by atoms with Crippen LogP contribution in [0.2, 0.25) is 0 Å². The van der Waals surface area contributed by atoms with Crippen molar-refractivity contribution in [3.63, 3.8) is 0 Å². The molecule has 2 aromatic carbocycles. The number of aromatic amines is 1. The molecule has 0 bridgehead atoms. The number of thioether (sulfide) groups is 1. The number of phenols is 1. The van der Waals surface area contributed by atoms with Crippen molar-refractivity contribution in [3.05, 3.63) is 77.1 Å². The van der Waals surface area contributed by atoms with Crippen LogP contribution in [0, 0.1) is 0 Å². The van der Waals surface area contributed by atoms with Gasteiger partial charge in [-0.05, 0) is 41.1 Å². The van der Waals surface area contributed by atoms with E-state index in [1.54, 1.807) is 22.9 Å². The highest BCUT2D eigenvalue weighted by Crippen LogP contribution is 2.31. The first-order valence-corrected chi connectivity index (χ1v) is 9.10. The molecule has 1 atom stereocenters. The van der Waals surface area contributed by atoms with E-state index in [0.29, 0.717) is 16.6 Å². The summed E-state index contributed by atoms with van der Waals surface area (Å²) in [6, 6.07) is 14.5. The number of rotatable bonds is 4. The van der Waals surface area contributed by atoms with E-state index in [4.69, 9.17) is 0 Å². The molecule has 0 radical (unpaired) electrons. The molecule has 6 nitrogen and oxygen atoms in total. The average molecular weight is 365 g/mol. The van der Waals surface area contributed by atoms with Gasteiger partial charge in [0.25, 0.3) is 6.17 Å². The number of anilines is 1. The van der Waals surface area contributed by atoms with Crippen molar-refractivity contribution in [1.29, 1.82) is 0 Å². The lowest BCUT2D eigenvalue weighted by Crippen LogP contribution is -2.55. The monoisotopic (exact) mass is 365 g/mol. The van der Waals surface area contributed by atoms with Crippen molar-refractivity contribution >= 4 is 17.4 Å². The number of aromatic nitrogens is 3. The Kier molecular flexibility index (Phi) is 4.22. The molecular formula is C19H17N4O2S+. The molecule has 3 aromatic rings. The van der Waals surface area contributed by atoms with E-state index in [2.05, 4.69) is 22.0 Å². The van der Waals surface area contributed by atoms with Gasteiger partial charge in [-0.3, -0.25) is 9.78 Å². The van der Waals surface area contributed by atoms with E-state index in [0.717, 1.165) is 16.8 Å². The van der Waals surface area contributed by atoms with E-state index in [1.165, 1.54) is 11.8 Å². The van der Waals surface area contributed by atoms with Gasteiger partial charge in [-0.15, -0.1) is 6.58 Å². The first-order chi connectivity index (χ1) is 12.7. The van der Waals surface area contributed by atoms with Crippen LogP contribution in [0.5, 0.6) is 5.75 Å². The van der Waals surface area contributed by atoms with Crippen LogP contribution in [0.25, 0.3) is 11.3 Å². The Morgan fingerprint density at radius 2 is 2.00 bits per heavy atom. The molecule has 0 unspecified atom stereocenters. The minimum Gasteiger partial charge on any atom is -0.508 e. The molecular weight excluding hydrogens is 348 g/mol. The fraction of sp³-hybridized carbons (Fsp3) is 0.105. The van der Waals surface area contributed by atoms with E-state index in [-0.39, 0.29) is 17.5 Å². The van der Waals surface area contributed by atoms with Gasteiger partial charge in [-0.25, -0.2) is 0 Å². The summed E-state index contributed by atoms with van der Waals surface area (Å²) in [4.78, 5) is 15.7. The summed E-state index contributed by atoms with van der Waals surface area (Å²) in [5.41, 5.74) is 2.87. The van der Waals surface area contributed by atoms with Gasteiger partial charge in [0.1, 0.15) is 5.75 Å². The number of benzene rings is 2. The standard InChI is InChI=1S/C19H16N4O2S/c1-2-11-26-19-21-18(25)16-14-5-3-4-6-15(14)20-17(23(16)22-19)12-7-9-13(24)10-8-12/h2-10,17H,1,11H2,(H2,21,22,24,25)/p+1/t17-/m0/s1. The second-order valence-corrected chi connectivity index (χ2v) is 6.84. The Hall–Kier alpha value is -3.06. The first kappa shape index (κ1) is 16.4. The number of para-hydroxylation sites is 1. The largest absolute Gasteiger partial charge is 0.508 e. The number of fused-ring (bicyclic) bond motifs is 3. The van der Waals surface area contributed by atoms with Crippen LogP contribution in [0.3, 0.4) is 0 Å². The third-order valence-corrected chi connectivity index (χ3v) is 4.99. The molecule has 0 saturated heterocycles. The van der Waals surface area contributed by atoms with Crippen molar-refractivity contribution in [3.8, 4) is 17.0 Å². The van der Waals surface area contributed by atoms with Crippen LogP contribution in [0.1, 0.15) is 11.7 Å². The van der Waals surface area contributed by atoms with E-state index < -0.39 is 0 Å². The highest BCUT2D eigenvalue weighted by atomic mass is 32.2. The molecule has 1 aliphatic rings. The Labute approximate surface area is 154 Å². The summed E-state index contributed by atoms with van der Waals surface area (Å²) in [6.45, 7) is 3.70. The zero-order chi connectivity index (χ0) is 18.1. The van der Waals surface area contributed by atoms with Crippen LogP contribution >= 0.6 is 11.8 Å². The van der Waals surface area contributed by atoms with E-state index in [1.807, 2.05) is 36.4 Å². The zero-order valence-electron chi connectivity index (χ0n) is 13.8. The summed E-state index contributed by atoms with van der Waals surface area (Å²) in [6.07, 6.45) is 1.41.